The lowest BCUT2D eigenvalue weighted by Gasteiger charge is -2.25. The van der Waals surface area contributed by atoms with Crippen molar-refractivity contribution in [1.82, 2.24) is 15.2 Å². The van der Waals surface area contributed by atoms with Crippen LogP contribution >= 0.6 is 23.8 Å². The Balaban J connectivity index is 1.87. The fourth-order valence-electron chi connectivity index (χ4n) is 2.23. The minimum Gasteiger partial charge on any atom is -0.362 e. The van der Waals surface area contributed by atoms with Crippen molar-refractivity contribution in [2.75, 3.05) is 13.1 Å². The molecular weight excluding hydrogens is 340 g/mol. The number of benzene rings is 1. The van der Waals surface area contributed by atoms with Crippen LogP contribution in [-0.4, -0.2) is 28.1 Å². The van der Waals surface area contributed by atoms with Crippen LogP contribution in [0.25, 0.3) is 0 Å². The Kier molecular flexibility index (Phi) is 7.47. The lowest BCUT2D eigenvalue weighted by Crippen LogP contribution is -2.40. The normalized spacial score (nSPS) is 10.0. The number of thiocarbonyl (C=S) groups is 1. The smallest absolute Gasteiger partial charge is 0.169 e. The molecule has 124 valence electrons. The zero-order valence-electron chi connectivity index (χ0n) is 13.3. The maximum atomic E-state index is 8.85. The fourth-order valence-corrected chi connectivity index (χ4v) is 2.61. The Morgan fingerprint density at radius 2 is 2.04 bits per heavy atom. The summed E-state index contributed by atoms with van der Waals surface area (Å²) in [5, 5.41) is 13.5. The van der Waals surface area contributed by atoms with Crippen molar-refractivity contribution in [2.24, 2.45) is 0 Å². The second kappa shape index (κ2) is 9.86. The summed E-state index contributed by atoms with van der Waals surface area (Å²) in [5.41, 5.74) is 2.27. The molecule has 6 heteroatoms. The maximum absolute atomic E-state index is 8.85. The van der Waals surface area contributed by atoms with Crippen LogP contribution in [0.5, 0.6) is 0 Å². The Morgan fingerprint density at radius 1 is 1.25 bits per heavy atom. The quantitative estimate of drug-likeness (QED) is 0.767. The molecule has 0 radical (unpaired) electrons. The van der Waals surface area contributed by atoms with E-state index in [2.05, 4.69) is 16.4 Å². The molecule has 1 aromatic carbocycles. The zero-order chi connectivity index (χ0) is 17.2. The molecule has 24 heavy (non-hydrogen) atoms. The van der Waals surface area contributed by atoms with Crippen molar-refractivity contribution in [2.45, 2.75) is 19.4 Å². The van der Waals surface area contributed by atoms with Crippen molar-refractivity contribution >= 4 is 28.9 Å². The van der Waals surface area contributed by atoms with E-state index in [1.165, 1.54) is 5.56 Å². The van der Waals surface area contributed by atoms with Gasteiger partial charge in [0.2, 0.25) is 0 Å². The van der Waals surface area contributed by atoms with Gasteiger partial charge in [-0.3, -0.25) is 4.98 Å². The molecule has 2 aromatic rings. The number of nitrogens with one attached hydrogen (secondary N) is 1. The Morgan fingerprint density at radius 3 is 2.71 bits per heavy atom. The van der Waals surface area contributed by atoms with Crippen molar-refractivity contribution in [1.29, 1.82) is 5.26 Å². The van der Waals surface area contributed by atoms with Crippen LogP contribution in [0.3, 0.4) is 0 Å². The summed E-state index contributed by atoms with van der Waals surface area (Å²) in [6.45, 7) is 1.97. The molecular formula is C18H19ClN4S. The molecule has 0 aliphatic carbocycles. The first-order valence-electron chi connectivity index (χ1n) is 7.72. The van der Waals surface area contributed by atoms with E-state index in [9.17, 15) is 0 Å². The third kappa shape index (κ3) is 6.15. The molecule has 0 atom stereocenters. The van der Waals surface area contributed by atoms with Gasteiger partial charge in [-0.25, -0.2) is 0 Å². The summed E-state index contributed by atoms with van der Waals surface area (Å²) in [5.74, 6) is 0. The highest BCUT2D eigenvalue weighted by molar-refractivity contribution is 7.80. The van der Waals surface area contributed by atoms with Gasteiger partial charge in [-0.2, -0.15) is 5.26 Å². The Bertz CT molecular complexity index is 682. The van der Waals surface area contributed by atoms with Gasteiger partial charge in [-0.05, 0) is 48.0 Å². The van der Waals surface area contributed by atoms with Crippen LogP contribution in [0.2, 0.25) is 5.02 Å². The maximum Gasteiger partial charge on any atom is 0.169 e. The molecule has 0 aliphatic heterocycles. The second-order valence-electron chi connectivity index (χ2n) is 5.30. The van der Waals surface area contributed by atoms with E-state index in [1.807, 2.05) is 47.5 Å². The molecule has 4 nitrogen and oxygen atoms in total. The highest BCUT2D eigenvalue weighted by Crippen LogP contribution is 2.10. The first-order valence-corrected chi connectivity index (χ1v) is 8.50. The van der Waals surface area contributed by atoms with Crippen LogP contribution in [0.1, 0.15) is 17.5 Å². The predicted molar refractivity (Wildman–Crippen MR) is 101 cm³/mol. The Labute approximate surface area is 153 Å². The van der Waals surface area contributed by atoms with Gasteiger partial charge in [0.15, 0.2) is 5.11 Å². The average Bonchev–Trinajstić information content (AvgIpc) is 2.61. The topological polar surface area (TPSA) is 52.0 Å². The van der Waals surface area contributed by atoms with E-state index in [1.54, 1.807) is 6.20 Å². The van der Waals surface area contributed by atoms with Crippen molar-refractivity contribution in [3.8, 4) is 6.07 Å². The minimum absolute atomic E-state index is 0.430. The molecule has 1 heterocycles. The molecule has 0 amide bonds. The van der Waals surface area contributed by atoms with Gasteiger partial charge in [0.05, 0.1) is 12.5 Å². The van der Waals surface area contributed by atoms with E-state index in [-0.39, 0.29) is 0 Å². The molecule has 0 unspecified atom stereocenters. The van der Waals surface area contributed by atoms with E-state index in [4.69, 9.17) is 29.1 Å². The highest BCUT2D eigenvalue weighted by Gasteiger charge is 2.10. The van der Waals surface area contributed by atoms with Gasteiger partial charge in [0.1, 0.15) is 0 Å². The summed E-state index contributed by atoms with van der Waals surface area (Å²) in [4.78, 5) is 6.12. The predicted octanol–water partition coefficient (Wildman–Crippen LogP) is 3.57. The zero-order valence-corrected chi connectivity index (χ0v) is 14.9. The van der Waals surface area contributed by atoms with Crippen LogP contribution in [0, 0.1) is 11.3 Å². The molecule has 0 fully saturated rings. The monoisotopic (exact) mass is 358 g/mol. The lowest BCUT2D eigenvalue weighted by atomic mass is 10.1. The number of rotatable bonds is 7. The van der Waals surface area contributed by atoms with Crippen molar-refractivity contribution in [3.63, 3.8) is 0 Å². The van der Waals surface area contributed by atoms with Gasteiger partial charge in [-0.1, -0.05) is 29.8 Å². The number of nitriles is 1. The first-order chi connectivity index (χ1) is 11.7. The number of halogens is 1. The van der Waals surface area contributed by atoms with Crippen LogP contribution in [-0.2, 0) is 13.0 Å². The number of aromatic nitrogens is 1. The summed E-state index contributed by atoms with van der Waals surface area (Å²) >= 11 is 11.4. The van der Waals surface area contributed by atoms with Crippen LogP contribution < -0.4 is 5.32 Å². The third-order valence-electron chi connectivity index (χ3n) is 3.48. The van der Waals surface area contributed by atoms with Gasteiger partial charge in [0, 0.05) is 37.1 Å². The van der Waals surface area contributed by atoms with Crippen LogP contribution in [0.15, 0.2) is 48.8 Å². The first kappa shape index (κ1) is 18.2. The summed E-state index contributed by atoms with van der Waals surface area (Å²) in [7, 11) is 0. The molecule has 0 saturated heterocycles. The molecule has 0 spiro atoms. The number of pyridine rings is 1. The average molecular weight is 359 g/mol. The highest BCUT2D eigenvalue weighted by atomic mass is 35.5. The number of nitrogens with zero attached hydrogens (tertiary/aromatic N) is 3. The number of hydrogen-bond acceptors (Lipinski definition) is 3. The third-order valence-corrected chi connectivity index (χ3v) is 4.13. The Hall–Kier alpha value is -2.16. The minimum atomic E-state index is 0.430. The summed E-state index contributed by atoms with van der Waals surface area (Å²) in [6, 6.07) is 13.9. The van der Waals surface area contributed by atoms with Gasteiger partial charge in [0.25, 0.3) is 0 Å². The van der Waals surface area contributed by atoms with Crippen LogP contribution in [0.4, 0.5) is 0 Å². The van der Waals surface area contributed by atoms with E-state index >= 15 is 0 Å². The molecule has 1 aromatic heterocycles. The van der Waals surface area contributed by atoms with E-state index in [0.29, 0.717) is 24.6 Å². The van der Waals surface area contributed by atoms with E-state index in [0.717, 1.165) is 23.6 Å². The molecule has 1 N–H and O–H groups in total. The molecule has 2 rings (SSSR count). The standard InChI is InChI=1S/C18H19ClN4S/c19-17-6-4-15(5-7-17)8-11-22-18(24)23(12-2-9-20)14-16-3-1-10-21-13-16/h1,3-7,10,13H,2,8,11-12,14H2,(H,22,24). The van der Waals surface area contributed by atoms with Gasteiger partial charge in [-0.15, -0.1) is 0 Å². The van der Waals surface area contributed by atoms with Gasteiger partial charge < -0.3 is 10.2 Å². The van der Waals surface area contributed by atoms with Crippen molar-refractivity contribution in [3.05, 3.63) is 64.9 Å². The molecule has 0 aliphatic rings. The summed E-state index contributed by atoms with van der Waals surface area (Å²) < 4.78 is 0. The largest absolute Gasteiger partial charge is 0.362 e. The molecule has 0 saturated carbocycles. The lowest BCUT2D eigenvalue weighted by molar-refractivity contribution is 0.414. The molecule has 0 bridgehead atoms. The fraction of sp³-hybridized carbons (Fsp3) is 0.278. The number of hydrogen-bond donors (Lipinski definition) is 1. The second-order valence-corrected chi connectivity index (χ2v) is 6.12. The van der Waals surface area contributed by atoms with E-state index < -0.39 is 0 Å². The summed E-state index contributed by atoms with van der Waals surface area (Å²) in [6.07, 6.45) is 4.84. The SMILES string of the molecule is N#CCCN(Cc1cccnc1)C(=S)NCCc1ccc(Cl)cc1. The van der Waals surface area contributed by atoms with Gasteiger partial charge >= 0.3 is 0 Å². The van der Waals surface area contributed by atoms with Crippen molar-refractivity contribution < 1.29 is 0 Å².